The smallest absolute Gasteiger partial charge is 0.314 e. The van der Waals surface area contributed by atoms with Crippen LogP contribution in [0.2, 0.25) is 0 Å². The summed E-state index contributed by atoms with van der Waals surface area (Å²) in [5.74, 6) is 0.842. The fourth-order valence-corrected chi connectivity index (χ4v) is 6.15. The maximum atomic E-state index is 12.8. The Morgan fingerprint density at radius 1 is 0.973 bits per heavy atom. The lowest BCUT2D eigenvalue weighted by Crippen LogP contribution is -2.61. The van der Waals surface area contributed by atoms with Gasteiger partial charge in [-0.05, 0) is 53.7 Å². The minimum absolute atomic E-state index is 0.0857. The van der Waals surface area contributed by atoms with Crippen molar-refractivity contribution in [3.63, 3.8) is 0 Å². The molecule has 4 aromatic rings. The first-order chi connectivity index (χ1) is 18.1. The van der Waals surface area contributed by atoms with Gasteiger partial charge in [0, 0.05) is 22.0 Å². The SMILES string of the molecule is O=C1N[C@@]2(Oc3ccccc3[C@@H]3CC(c4ccccc4)=NN32)/C(=C/c2ccc(-c3ccc(Br)cc3)o2)S1. The number of halogens is 1. The minimum Gasteiger partial charge on any atom is -0.457 e. The number of furan rings is 1. The Morgan fingerprint density at radius 3 is 2.59 bits per heavy atom. The van der Waals surface area contributed by atoms with Crippen molar-refractivity contribution in [1.29, 1.82) is 0 Å². The van der Waals surface area contributed by atoms with Gasteiger partial charge in [-0.3, -0.25) is 10.1 Å². The van der Waals surface area contributed by atoms with E-state index in [1.807, 2.05) is 83.9 Å². The van der Waals surface area contributed by atoms with E-state index in [2.05, 4.69) is 39.4 Å². The monoisotopic (exact) mass is 569 g/mol. The van der Waals surface area contributed by atoms with Gasteiger partial charge in [0.2, 0.25) is 0 Å². The number of benzene rings is 3. The topological polar surface area (TPSA) is 67.1 Å². The second kappa shape index (κ2) is 8.68. The van der Waals surface area contributed by atoms with E-state index in [1.165, 1.54) is 0 Å². The van der Waals surface area contributed by atoms with E-state index in [4.69, 9.17) is 14.3 Å². The summed E-state index contributed by atoms with van der Waals surface area (Å²) >= 11 is 4.57. The summed E-state index contributed by atoms with van der Waals surface area (Å²) in [6.45, 7) is 0. The predicted octanol–water partition coefficient (Wildman–Crippen LogP) is 7.40. The number of rotatable bonds is 3. The van der Waals surface area contributed by atoms with Crippen LogP contribution in [0.3, 0.4) is 0 Å². The summed E-state index contributed by atoms with van der Waals surface area (Å²) in [4.78, 5) is 13.5. The Bertz CT molecular complexity index is 1580. The maximum Gasteiger partial charge on any atom is 0.314 e. The molecule has 8 heteroatoms. The molecule has 0 unspecified atom stereocenters. The van der Waals surface area contributed by atoms with Crippen LogP contribution >= 0.6 is 27.7 Å². The van der Waals surface area contributed by atoms with Crippen LogP contribution in [0.5, 0.6) is 5.75 Å². The zero-order chi connectivity index (χ0) is 25.0. The second-order valence-corrected chi connectivity index (χ2v) is 10.9. The number of ether oxygens (including phenoxy) is 1. The lowest BCUT2D eigenvalue weighted by molar-refractivity contribution is -0.0949. The average molecular weight is 570 g/mol. The molecule has 37 heavy (non-hydrogen) atoms. The summed E-state index contributed by atoms with van der Waals surface area (Å²) in [5, 5.41) is 9.80. The maximum absolute atomic E-state index is 12.8. The highest BCUT2D eigenvalue weighted by Gasteiger charge is 2.58. The number of para-hydroxylation sites is 1. The fraction of sp³-hybridized carbons (Fsp3) is 0.103. The van der Waals surface area contributed by atoms with Gasteiger partial charge in [0.1, 0.15) is 17.3 Å². The number of nitrogens with zero attached hydrogens (tertiary/aromatic N) is 2. The van der Waals surface area contributed by atoms with Crippen molar-refractivity contribution in [1.82, 2.24) is 10.3 Å². The first kappa shape index (κ1) is 22.4. The summed E-state index contributed by atoms with van der Waals surface area (Å²) in [6, 6.07) is 29.8. The van der Waals surface area contributed by atoms with Gasteiger partial charge >= 0.3 is 5.85 Å². The summed E-state index contributed by atoms with van der Waals surface area (Å²) < 4.78 is 13.8. The zero-order valence-electron chi connectivity index (χ0n) is 19.4. The van der Waals surface area contributed by atoms with E-state index >= 15 is 0 Å². The van der Waals surface area contributed by atoms with Gasteiger partial charge < -0.3 is 9.15 Å². The largest absolute Gasteiger partial charge is 0.457 e. The van der Waals surface area contributed by atoms with E-state index in [-0.39, 0.29) is 11.3 Å². The van der Waals surface area contributed by atoms with Crippen LogP contribution in [-0.2, 0) is 0 Å². The Hall–Kier alpha value is -3.75. The molecule has 1 saturated heterocycles. The van der Waals surface area contributed by atoms with E-state index in [0.29, 0.717) is 17.1 Å². The molecule has 0 bridgehead atoms. The normalized spacial score (nSPS) is 23.0. The van der Waals surface area contributed by atoms with Gasteiger partial charge in [-0.15, -0.1) is 0 Å². The van der Waals surface area contributed by atoms with Crippen LogP contribution in [0.4, 0.5) is 4.79 Å². The molecule has 1 spiro atoms. The number of carbonyl (C=O) groups excluding carboxylic acids is 1. The fourth-order valence-electron chi connectivity index (χ4n) is 5.00. The molecule has 6 nitrogen and oxygen atoms in total. The van der Waals surface area contributed by atoms with Crippen LogP contribution in [0.1, 0.15) is 29.3 Å². The number of fused-ring (bicyclic) bond motifs is 4. The molecule has 1 N–H and O–H groups in total. The van der Waals surface area contributed by atoms with Gasteiger partial charge in [0.25, 0.3) is 5.24 Å². The molecule has 7 rings (SSSR count). The number of amides is 1. The van der Waals surface area contributed by atoms with Gasteiger partial charge in [-0.25, -0.2) is 5.01 Å². The molecule has 3 aliphatic rings. The van der Waals surface area contributed by atoms with Crippen molar-refractivity contribution < 1.29 is 13.9 Å². The molecule has 3 aliphatic heterocycles. The average Bonchev–Trinajstić information content (AvgIpc) is 3.64. The standard InChI is InChI=1S/C29H20BrN3O3S/c30-20-12-10-19(11-13-20)25-15-14-21(35-25)16-27-29(31-28(34)37-27)33-24(22-8-4-5-9-26(22)36-29)17-23(32-33)18-6-2-1-3-7-18/h1-16,24H,17H2,(H,31,34)/b27-16-/t24-,29-/m0/s1. The molecule has 0 aliphatic carbocycles. The molecule has 182 valence electrons. The number of thioether (sulfide) groups is 1. The van der Waals surface area contributed by atoms with Gasteiger partial charge in [0.15, 0.2) is 0 Å². The lowest BCUT2D eigenvalue weighted by Gasteiger charge is -2.44. The molecular formula is C29H20BrN3O3S. The Balaban J connectivity index is 1.32. The quantitative estimate of drug-likeness (QED) is 0.278. The van der Waals surface area contributed by atoms with Gasteiger partial charge in [-0.1, -0.05) is 76.6 Å². The van der Waals surface area contributed by atoms with Crippen molar-refractivity contribution in [2.45, 2.75) is 18.3 Å². The van der Waals surface area contributed by atoms with Gasteiger partial charge in [-0.2, -0.15) is 5.10 Å². The van der Waals surface area contributed by atoms with Crippen molar-refractivity contribution in [3.05, 3.63) is 117 Å². The van der Waals surface area contributed by atoms with Crippen LogP contribution in [0, 0.1) is 0 Å². The molecule has 1 fully saturated rings. The molecule has 1 aromatic heterocycles. The highest BCUT2D eigenvalue weighted by atomic mass is 79.9. The van der Waals surface area contributed by atoms with Gasteiger partial charge in [0.05, 0.1) is 16.7 Å². The first-order valence-electron chi connectivity index (χ1n) is 11.9. The van der Waals surface area contributed by atoms with E-state index < -0.39 is 5.85 Å². The van der Waals surface area contributed by atoms with Crippen LogP contribution in [-0.4, -0.2) is 21.8 Å². The highest BCUT2D eigenvalue weighted by Crippen LogP contribution is 2.52. The third-order valence-corrected chi connectivity index (χ3v) is 8.14. The highest BCUT2D eigenvalue weighted by molar-refractivity contribution is 9.10. The van der Waals surface area contributed by atoms with Crippen LogP contribution in [0.15, 0.2) is 110 Å². The Morgan fingerprint density at radius 2 is 1.76 bits per heavy atom. The number of carbonyl (C=O) groups is 1. The number of hydrogen-bond donors (Lipinski definition) is 1. The van der Waals surface area contributed by atoms with Crippen LogP contribution in [0.25, 0.3) is 17.4 Å². The molecular weight excluding hydrogens is 550 g/mol. The Labute approximate surface area is 226 Å². The van der Waals surface area contributed by atoms with Crippen molar-refractivity contribution in [2.24, 2.45) is 5.10 Å². The number of hydrogen-bond acceptors (Lipinski definition) is 6. The van der Waals surface area contributed by atoms with Crippen molar-refractivity contribution in [2.75, 3.05) is 0 Å². The third kappa shape index (κ3) is 3.79. The van der Waals surface area contributed by atoms with E-state index in [9.17, 15) is 4.79 Å². The van der Waals surface area contributed by atoms with Crippen molar-refractivity contribution >= 4 is 44.7 Å². The first-order valence-corrected chi connectivity index (χ1v) is 13.5. The second-order valence-electron chi connectivity index (χ2n) is 8.99. The lowest BCUT2D eigenvalue weighted by atomic mass is 9.96. The predicted molar refractivity (Wildman–Crippen MR) is 148 cm³/mol. The molecule has 2 atom stereocenters. The number of nitrogens with one attached hydrogen (secondary N) is 1. The summed E-state index contributed by atoms with van der Waals surface area (Å²) in [7, 11) is 0. The third-order valence-electron chi connectivity index (χ3n) is 6.71. The number of hydrazone groups is 1. The summed E-state index contributed by atoms with van der Waals surface area (Å²) in [6.07, 6.45) is 2.57. The van der Waals surface area contributed by atoms with E-state index in [1.54, 1.807) is 0 Å². The molecule has 0 saturated carbocycles. The molecule has 3 aromatic carbocycles. The van der Waals surface area contributed by atoms with Crippen molar-refractivity contribution in [3.8, 4) is 17.1 Å². The summed E-state index contributed by atoms with van der Waals surface area (Å²) in [5.41, 5.74) is 4.02. The molecule has 0 radical (unpaired) electrons. The van der Waals surface area contributed by atoms with Crippen LogP contribution < -0.4 is 10.1 Å². The minimum atomic E-state index is -1.26. The Kier molecular flexibility index (Phi) is 5.26. The molecule has 4 heterocycles. The zero-order valence-corrected chi connectivity index (χ0v) is 21.8. The molecule has 1 amide bonds. The van der Waals surface area contributed by atoms with E-state index in [0.717, 1.165) is 50.1 Å².